The number of aryl methyl sites for hydroxylation is 2. The van der Waals surface area contributed by atoms with Crippen LogP contribution in [0.3, 0.4) is 0 Å². The van der Waals surface area contributed by atoms with Crippen molar-refractivity contribution in [1.82, 2.24) is 19.6 Å². The van der Waals surface area contributed by atoms with E-state index in [1.807, 2.05) is 10.6 Å². The van der Waals surface area contributed by atoms with Crippen LogP contribution in [0.4, 0.5) is 11.5 Å². The van der Waals surface area contributed by atoms with E-state index in [0.29, 0.717) is 28.7 Å². The highest BCUT2D eigenvalue weighted by Crippen LogP contribution is 2.39. The second-order valence-electron chi connectivity index (χ2n) is 8.31. The van der Waals surface area contributed by atoms with Gasteiger partial charge in [-0.1, -0.05) is 41.4 Å². The van der Waals surface area contributed by atoms with E-state index in [1.54, 1.807) is 20.3 Å². The van der Waals surface area contributed by atoms with Crippen molar-refractivity contribution in [3.63, 3.8) is 0 Å². The van der Waals surface area contributed by atoms with Crippen LogP contribution in [-0.4, -0.2) is 33.8 Å². The average molecular weight is 464 g/mol. The summed E-state index contributed by atoms with van der Waals surface area (Å²) in [6, 6.07) is 12.0. The Morgan fingerprint density at radius 2 is 1.76 bits per heavy atom. The van der Waals surface area contributed by atoms with Crippen molar-refractivity contribution >= 4 is 28.9 Å². The Balaban J connectivity index is 1.60. The molecule has 0 unspecified atom stereocenters. The van der Waals surface area contributed by atoms with E-state index in [9.17, 15) is 0 Å². The largest absolute Gasteiger partial charge is 0.495 e. The molecule has 0 aliphatic heterocycles. The molecule has 8 heteroatoms. The smallest absolute Gasteiger partial charge is 0.254 e. The number of benzene rings is 2. The molecule has 1 N–H and O–H groups in total. The third kappa shape index (κ3) is 4.20. The van der Waals surface area contributed by atoms with Crippen LogP contribution in [-0.2, 0) is 19.3 Å². The van der Waals surface area contributed by atoms with Crippen LogP contribution < -0.4 is 14.8 Å². The molecule has 0 saturated heterocycles. The van der Waals surface area contributed by atoms with Crippen molar-refractivity contribution < 1.29 is 9.47 Å². The molecule has 5 rings (SSSR count). The first-order valence-corrected chi connectivity index (χ1v) is 11.4. The number of ether oxygens (including phenoxy) is 2. The summed E-state index contributed by atoms with van der Waals surface area (Å²) in [5, 5.41) is 8.85. The maximum atomic E-state index is 6.42. The first-order chi connectivity index (χ1) is 16.1. The zero-order valence-corrected chi connectivity index (χ0v) is 19.7. The van der Waals surface area contributed by atoms with Crippen molar-refractivity contribution in [1.29, 1.82) is 0 Å². The molecule has 0 atom stereocenters. The van der Waals surface area contributed by atoms with E-state index in [1.165, 1.54) is 11.1 Å². The lowest BCUT2D eigenvalue weighted by Crippen LogP contribution is -2.14. The number of rotatable bonds is 6. The molecule has 4 aromatic rings. The van der Waals surface area contributed by atoms with Crippen LogP contribution in [0.25, 0.3) is 5.78 Å². The molecule has 2 heterocycles. The van der Waals surface area contributed by atoms with Crippen LogP contribution >= 0.6 is 11.6 Å². The number of fused-ring (bicyclic) bond motifs is 2. The van der Waals surface area contributed by atoms with E-state index in [2.05, 4.69) is 36.5 Å². The Morgan fingerprint density at radius 1 is 1.00 bits per heavy atom. The van der Waals surface area contributed by atoms with Crippen molar-refractivity contribution in [2.45, 2.75) is 39.0 Å². The predicted molar refractivity (Wildman–Crippen MR) is 129 cm³/mol. The average Bonchev–Trinajstić information content (AvgIpc) is 3.22. The van der Waals surface area contributed by atoms with Gasteiger partial charge >= 0.3 is 0 Å². The maximum absolute atomic E-state index is 6.42. The quantitative estimate of drug-likeness (QED) is 0.417. The summed E-state index contributed by atoms with van der Waals surface area (Å²) in [5.41, 5.74) is 5.37. The molecular formula is C25H26ClN5O2. The Hall–Kier alpha value is -3.32. The van der Waals surface area contributed by atoms with E-state index >= 15 is 0 Å². The first-order valence-electron chi connectivity index (χ1n) is 11.1. The molecule has 1 aliphatic rings. The molecular weight excluding hydrogens is 438 g/mol. The molecule has 0 bridgehead atoms. The minimum absolute atomic E-state index is 0.499. The minimum Gasteiger partial charge on any atom is -0.495 e. The van der Waals surface area contributed by atoms with E-state index in [4.69, 9.17) is 36.1 Å². The molecule has 170 valence electrons. The molecule has 0 saturated carbocycles. The van der Waals surface area contributed by atoms with Gasteiger partial charge in [0, 0.05) is 18.1 Å². The second kappa shape index (κ2) is 8.90. The normalized spacial score (nSPS) is 13.1. The highest BCUT2D eigenvalue weighted by molar-refractivity contribution is 6.32. The SMILES string of the molecule is COc1cc(OC)c(Nc2c3c(nc4nc(Cc5ccc(C)cc5)nn24)CCCC3)cc1Cl. The van der Waals surface area contributed by atoms with Crippen LogP contribution in [0.5, 0.6) is 11.5 Å². The van der Waals surface area contributed by atoms with Gasteiger partial charge in [-0.15, -0.1) is 5.10 Å². The number of halogens is 1. The number of nitrogens with zero attached hydrogens (tertiary/aromatic N) is 4. The van der Waals surface area contributed by atoms with Crippen LogP contribution in [0.1, 0.15) is 41.1 Å². The fraction of sp³-hybridized carbons (Fsp3) is 0.320. The highest BCUT2D eigenvalue weighted by atomic mass is 35.5. The lowest BCUT2D eigenvalue weighted by Gasteiger charge is -2.21. The summed E-state index contributed by atoms with van der Waals surface area (Å²) in [4.78, 5) is 9.61. The summed E-state index contributed by atoms with van der Waals surface area (Å²) >= 11 is 6.42. The standard InChI is InChI=1S/C25H26ClN5O2/c1-15-8-10-16(11-9-15)12-23-29-25-28-19-7-5-4-6-17(19)24(31(25)30-23)27-20-13-18(26)21(32-2)14-22(20)33-3/h8-11,13-14,27H,4-7,12H2,1-3H3. The zero-order chi connectivity index (χ0) is 22.9. The molecule has 0 radical (unpaired) electrons. The fourth-order valence-corrected chi connectivity index (χ4v) is 4.50. The molecule has 1 aliphatic carbocycles. The predicted octanol–water partition coefficient (Wildman–Crippen LogP) is 5.32. The van der Waals surface area contributed by atoms with Crippen molar-refractivity contribution in [3.05, 3.63) is 69.6 Å². The molecule has 0 spiro atoms. The zero-order valence-electron chi connectivity index (χ0n) is 19.0. The Bertz CT molecular complexity index is 1320. The molecule has 0 amide bonds. The van der Waals surface area contributed by atoms with E-state index in [-0.39, 0.29) is 0 Å². The van der Waals surface area contributed by atoms with Crippen LogP contribution in [0.2, 0.25) is 5.02 Å². The van der Waals surface area contributed by atoms with Crippen molar-refractivity contribution in [2.24, 2.45) is 0 Å². The molecule has 2 aromatic carbocycles. The monoisotopic (exact) mass is 463 g/mol. The molecule has 33 heavy (non-hydrogen) atoms. The number of anilines is 2. The van der Waals surface area contributed by atoms with Gasteiger partial charge in [-0.3, -0.25) is 0 Å². The number of hydrogen-bond acceptors (Lipinski definition) is 6. The number of aromatic nitrogens is 4. The summed E-state index contributed by atoms with van der Waals surface area (Å²) < 4.78 is 12.8. The summed E-state index contributed by atoms with van der Waals surface area (Å²) in [5.74, 6) is 3.38. The molecule has 7 nitrogen and oxygen atoms in total. The van der Waals surface area contributed by atoms with Gasteiger partial charge in [-0.25, -0.2) is 4.98 Å². The third-order valence-corrected chi connectivity index (χ3v) is 6.31. The Labute approximate surface area is 197 Å². The van der Waals surface area contributed by atoms with Gasteiger partial charge in [0.1, 0.15) is 17.3 Å². The first kappa shape index (κ1) is 21.5. The minimum atomic E-state index is 0.499. The van der Waals surface area contributed by atoms with E-state index < -0.39 is 0 Å². The summed E-state index contributed by atoms with van der Waals surface area (Å²) in [6.07, 6.45) is 4.74. The Morgan fingerprint density at radius 3 is 2.52 bits per heavy atom. The maximum Gasteiger partial charge on any atom is 0.254 e. The van der Waals surface area contributed by atoms with Gasteiger partial charge in [0.2, 0.25) is 0 Å². The Kier molecular flexibility index (Phi) is 5.81. The third-order valence-electron chi connectivity index (χ3n) is 6.02. The van der Waals surface area contributed by atoms with Crippen LogP contribution in [0, 0.1) is 6.92 Å². The lowest BCUT2D eigenvalue weighted by atomic mass is 9.96. The van der Waals surface area contributed by atoms with Gasteiger partial charge in [-0.05, 0) is 44.2 Å². The van der Waals surface area contributed by atoms with E-state index in [0.717, 1.165) is 54.3 Å². The van der Waals surface area contributed by atoms with Gasteiger partial charge in [0.25, 0.3) is 5.78 Å². The summed E-state index contributed by atoms with van der Waals surface area (Å²) in [6.45, 7) is 2.08. The van der Waals surface area contributed by atoms with Crippen molar-refractivity contribution in [3.8, 4) is 11.5 Å². The fourth-order valence-electron chi connectivity index (χ4n) is 4.26. The molecule has 0 fully saturated rings. The van der Waals surface area contributed by atoms with Crippen LogP contribution in [0.15, 0.2) is 36.4 Å². The van der Waals surface area contributed by atoms with Gasteiger partial charge < -0.3 is 14.8 Å². The second-order valence-corrected chi connectivity index (χ2v) is 8.71. The highest BCUT2D eigenvalue weighted by Gasteiger charge is 2.22. The number of hydrogen-bond donors (Lipinski definition) is 1. The number of nitrogens with one attached hydrogen (secondary N) is 1. The van der Waals surface area contributed by atoms with Gasteiger partial charge in [0.15, 0.2) is 5.82 Å². The molecule has 2 aromatic heterocycles. The van der Waals surface area contributed by atoms with Gasteiger partial charge in [-0.2, -0.15) is 9.50 Å². The summed E-state index contributed by atoms with van der Waals surface area (Å²) in [7, 11) is 3.21. The number of methoxy groups -OCH3 is 2. The van der Waals surface area contributed by atoms with Crippen molar-refractivity contribution in [2.75, 3.05) is 19.5 Å². The topological polar surface area (TPSA) is 73.6 Å². The van der Waals surface area contributed by atoms with Gasteiger partial charge in [0.05, 0.1) is 30.6 Å². The lowest BCUT2D eigenvalue weighted by molar-refractivity contribution is 0.396.